The summed E-state index contributed by atoms with van der Waals surface area (Å²) in [7, 11) is 1.67. The Kier molecular flexibility index (Phi) is 4.71. The van der Waals surface area contributed by atoms with Crippen LogP contribution < -0.4 is 10.6 Å². The van der Waals surface area contributed by atoms with E-state index >= 15 is 0 Å². The first-order chi connectivity index (χ1) is 9.15. The van der Waals surface area contributed by atoms with Gasteiger partial charge in [0.15, 0.2) is 0 Å². The minimum absolute atomic E-state index is 0.0790. The number of ether oxygens (including phenoxy) is 1. The van der Waals surface area contributed by atoms with Crippen molar-refractivity contribution in [2.45, 2.75) is 25.4 Å². The Morgan fingerprint density at radius 2 is 1.84 bits per heavy atom. The predicted molar refractivity (Wildman–Crippen MR) is 71.4 cm³/mol. The van der Waals surface area contributed by atoms with Gasteiger partial charge in [-0.25, -0.2) is 8.78 Å². The van der Waals surface area contributed by atoms with Crippen LogP contribution in [0.25, 0.3) is 0 Å². The largest absolute Gasteiger partial charge is 0.381 e. The topological polar surface area (TPSA) is 38.5 Å². The van der Waals surface area contributed by atoms with Crippen LogP contribution >= 0.6 is 0 Å². The Balaban J connectivity index is 2.16. The maximum absolute atomic E-state index is 14.0. The molecule has 0 aromatic heterocycles. The lowest BCUT2D eigenvalue weighted by Crippen LogP contribution is -2.37. The second-order valence-electron chi connectivity index (χ2n) is 4.87. The number of rotatable bonds is 4. The number of anilines is 1. The zero-order valence-electron chi connectivity index (χ0n) is 11.2. The van der Waals surface area contributed by atoms with Crippen molar-refractivity contribution in [1.29, 1.82) is 0 Å². The van der Waals surface area contributed by atoms with Crippen molar-refractivity contribution in [3.8, 4) is 0 Å². The molecule has 5 heteroatoms. The molecule has 0 amide bonds. The maximum atomic E-state index is 14.0. The van der Waals surface area contributed by atoms with Crippen molar-refractivity contribution in [3.63, 3.8) is 0 Å². The van der Waals surface area contributed by atoms with E-state index in [0.717, 1.165) is 12.8 Å². The normalized spacial score (nSPS) is 16.9. The molecule has 1 aliphatic rings. The highest BCUT2D eigenvalue weighted by atomic mass is 19.1. The van der Waals surface area contributed by atoms with Gasteiger partial charge in [-0.1, -0.05) is 0 Å². The first-order valence-corrected chi connectivity index (χ1v) is 6.61. The van der Waals surface area contributed by atoms with E-state index in [4.69, 9.17) is 10.5 Å². The van der Waals surface area contributed by atoms with Gasteiger partial charge in [0.05, 0.1) is 6.10 Å². The van der Waals surface area contributed by atoms with Crippen LogP contribution in [0.1, 0.15) is 18.4 Å². The van der Waals surface area contributed by atoms with E-state index in [9.17, 15) is 8.78 Å². The molecule has 1 saturated heterocycles. The molecule has 1 fully saturated rings. The number of methoxy groups -OCH3 is 1. The van der Waals surface area contributed by atoms with Gasteiger partial charge in [0.1, 0.15) is 17.3 Å². The molecule has 3 nitrogen and oxygen atoms in total. The first kappa shape index (κ1) is 14.2. The lowest BCUT2D eigenvalue weighted by Gasteiger charge is -2.33. The molecule has 1 aromatic carbocycles. The van der Waals surface area contributed by atoms with Crippen LogP contribution in [-0.4, -0.2) is 32.8 Å². The van der Waals surface area contributed by atoms with Gasteiger partial charge in [0, 0.05) is 20.2 Å². The molecule has 0 spiro atoms. The third-order valence-electron chi connectivity index (χ3n) is 3.60. The zero-order valence-corrected chi connectivity index (χ0v) is 11.2. The van der Waals surface area contributed by atoms with Crippen molar-refractivity contribution < 1.29 is 13.5 Å². The first-order valence-electron chi connectivity index (χ1n) is 6.61. The summed E-state index contributed by atoms with van der Waals surface area (Å²) in [6.45, 7) is 1.61. The molecule has 0 bridgehead atoms. The van der Waals surface area contributed by atoms with E-state index in [-0.39, 0.29) is 11.8 Å². The number of halogens is 2. The van der Waals surface area contributed by atoms with E-state index in [0.29, 0.717) is 31.6 Å². The summed E-state index contributed by atoms with van der Waals surface area (Å²) in [5.41, 5.74) is 6.09. The minimum Gasteiger partial charge on any atom is -0.381 e. The number of hydrogen-bond donors (Lipinski definition) is 1. The molecule has 0 atom stereocenters. The zero-order chi connectivity index (χ0) is 13.8. The quantitative estimate of drug-likeness (QED) is 0.910. The molecule has 0 unspecified atom stereocenters. The standard InChI is InChI=1S/C14H20F2N2O/c1-19-11-3-6-18(7-4-11)14-12(15)8-10(2-5-17)9-13(14)16/h8-9,11H,2-7,17H2,1H3. The molecule has 1 aromatic rings. The fraction of sp³-hybridized carbons (Fsp3) is 0.571. The molecule has 1 heterocycles. The average Bonchev–Trinajstić information content (AvgIpc) is 2.39. The second kappa shape index (κ2) is 6.30. The number of hydrogen-bond acceptors (Lipinski definition) is 3. The molecule has 2 N–H and O–H groups in total. The van der Waals surface area contributed by atoms with Crippen molar-refractivity contribution >= 4 is 5.69 Å². The summed E-state index contributed by atoms with van der Waals surface area (Å²) < 4.78 is 33.3. The van der Waals surface area contributed by atoms with E-state index in [2.05, 4.69) is 0 Å². The Hall–Kier alpha value is -1.20. The predicted octanol–water partition coefficient (Wildman–Crippen LogP) is 2.08. The van der Waals surface area contributed by atoms with Gasteiger partial charge in [-0.15, -0.1) is 0 Å². The van der Waals surface area contributed by atoms with E-state index in [1.807, 2.05) is 0 Å². The van der Waals surface area contributed by atoms with Crippen LogP contribution in [0.3, 0.4) is 0 Å². The Morgan fingerprint density at radius 1 is 1.26 bits per heavy atom. The van der Waals surface area contributed by atoms with Crippen molar-refractivity contribution in [2.24, 2.45) is 5.73 Å². The van der Waals surface area contributed by atoms with E-state index in [1.165, 1.54) is 12.1 Å². The molecule has 106 valence electrons. The van der Waals surface area contributed by atoms with Crippen LogP contribution in [0.4, 0.5) is 14.5 Å². The summed E-state index contributed by atoms with van der Waals surface area (Å²) in [6.07, 6.45) is 2.26. The third kappa shape index (κ3) is 3.22. The smallest absolute Gasteiger partial charge is 0.149 e. The summed E-state index contributed by atoms with van der Waals surface area (Å²) in [5.74, 6) is -1.00. The van der Waals surface area contributed by atoms with Gasteiger partial charge in [-0.05, 0) is 43.5 Å². The summed E-state index contributed by atoms with van der Waals surface area (Å²) in [5, 5.41) is 0. The van der Waals surface area contributed by atoms with E-state index < -0.39 is 11.6 Å². The highest BCUT2D eigenvalue weighted by molar-refractivity contribution is 5.51. The number of nitrogens with zero attached hydrogens (tertiary/aromatic N) is 1. The average molecular weight is 270 g/mol. The molecule has 0 radical (unpaired) electrons. The Labute approximate surface area is 112 Å². The van der Waals surface area contributed by atoms with Gasteiger partial charge in [0.25, 0.3) is 0 Å². The fourth-order valence-electron chi connectivity index (χ4n) is 2.55. The molecular formula is C14H20F2N2O. The Bertz CT molecular complexity index is 408. The lowest BCUT2D eigenvalue weighted by atomic mass is 10.1. The van der Waals surface area contributed by atoms with Crippen molar-refractivity contribution in [1.82, 2.24) is 0 Å². The highest BCUT2D eigenvalue weighted by Gasteiger charge is 2.23. The summed E-state index contributed by atoms with van der Waals surface area (Å²) in [6, 6.07) is 2.77. The van der Waals surface area contributed by atoms with Crippen LogP contribution in [0.2, 0.25) is 0 Å². The molecular weight excluding hydrogens is 250 g/mol. The lowest BCUT2D eigenvalue weighted by molar-refractivity contribution is 0.0817. The van der Waals surface area contributed by atoms with Crippen LogP contribution in [0, 0.1) is 11.6 Å². The van der Waals surface area contributed by atoms with Gasteiger partial charge >= 0.3 is 0 Å². The summed E-state index contributed by atoms with van der Waals surface area (Å²) in [4.78, 5) is 1.76. The van der Waals surface area contributed by atoms with Crippen LogP contribution in [0.15, 0.2) is 12.1 Å². The van der Waals surface area contributed by atoms with Gasteiger partial charge in [-0.2, -0.15) is 0 Å². The Morgan fingerprint density at radius 3 is 2.32 bits per heavy atom. The maximum Gasteiger partial charge on any atom is 0.149 e. The molecule has 2 rings (SSSR count). The van der Waals surface area contributed by atoms with Crippen LogP contribution in [-0.2, 0) is 11.2 Å². The molecule has 1 aliphatic heterocycles. The minimum atomic E-state index is -0.501. The van der Waals surface area contributed by atoms with E-state index in [1.54, 1.807) is 12.0 Å². The second-order valence-corrected chi connectivity index (χ2v) is 4.87. The SMILES string of the molecule is COC1CCN(c2c(F)cc(CCN)cc2F)CC1. The summed E-state index contributed by atoms with van der Waals surface area (Å²) >= 11 is 0. The van der Waals surface area contributed by atoms with Crippen molar-refractivity contribution in [3.05, 3.63) is 29.3 Å². The van der Waals surface area contributed by atoms with Gasteiger partial charge in [-0.3, -0.25) is 0 Å². The van der Waals surface area contributed by atoms with Gasteiger partial charge in [0.2, 0.25) is 0 Å². The molecule has 19 heavy (non-hydrogen) atoms. The van der Waals surface area contributed by atoms with Gasteiger partial charge < -0.3 is 15.4 Å². The number of benzene rings is 1. The third-order valence-corrected chi connectivity index (χ3v) is 3.60. The number of piperidine rings is 1. The fourth-order valence-corrected chi connectivity index (χ4v) is 2.55. The number of nitrogens with two attached hydrogens (primary N) is 1. The highest BCUT2D eigenvalue weighted by Crippen LogP contribution is 2.28. The molecule has 0 aliphatic carbocycles. The molecule has 0 saturated carbocycles. The van der Waals surface area contributed by atoms with Crippen molar-refractivity contribution in [2.75, 3.05) is 31.6 Å². The van der Waals surface area contributed by atoms with Crippen LogP contribution in [0.5, 0.6) is 0 Å². The monoisotopic (exact) mass is 270 g/mol.